The van der Waals surface area contributed by atoms with Crippen molar-refractivity contribution in [2.24, 2.45) is 0 Å². The first-order chi connectivity index (χ1) is 11.2. The topological polar surface area (TPSA) is 58.8 Å². The number of nitrogens with two attached hydrogens (primary N) is 1. The Balaban J connectivity index is 1.44. The number of carbonyl (C=O) groups is 1. The number of para-hydroxylation sites is 1. The monoisotopic (exact) mass is 317 g/mol. The van der Waals surface area contributed by atoms with Crippen LogP contribution in [-0.2, 0) is 16.0 Å². The molecule has 126 valence electrons. The van der Waals surface area contributed by atoms with Gasteiger partial charge in [-0.1, -0.05) is 18.2 Å². The van der Waals surface area contributed by atoms with E-state index >= 15 is 0 Å². The van der Waals surface area contributed by atoms with Gasteiger partial charge in [-0.3, -0.25) is 9.69 Å². The van der Waals surface area contributed by atoms with E-state index in [1.807, 2.05) is 29.2 Å². The van der Waals surface area contributed by atoms with Crippen LogP contribution in [0.3, 0.4) is 0 Å². The molecule has 2 fully saturated rings. The van der Waals surface area contributed by atoms with Gasteiger partial charge in [0.25, 0.3) is 0 Å². The summed E-state index contributed by atoms with van der Waals surface area (Å²) in [7, 11) is 0. The van der Waals surface area contributed by atoms with Crippen molar-refractivity contribution in [3.63, 3.8) is 0 Å². The van der Waals surface area contributed by atoms with Gasteiger partial charge in [0.2, 0.25) is 5.91 Å². The van der Waals surface area contributed by atoms with E-state index < -0.39 is 0 Å². The smallest absolute Gasteiger partial charge is 0.222 e. The van der Waals surface area contributed by atoms with Crippen LogP contribution in [0.2, 0.25) is 0 Å². The van der Waals surface area contributed by atoms with Gasteiger partial charge in [0, 0.05) is 57.5 Å². The quantitative estimate of drug-likeness (QED) is 0.856. The van der Waals surface area contributed by atoms with Gasteiger partial charge < -0.3 is 15.4 Å². The third-order valence-electron chi connectivity index (χ3n) is 5.04. The minimum atomic E-state index is 0.250. The second-order valence-corrected chi connectivity index (χ2v) is 6.46. The van der Waals surface area contributed by atoms with Gasteiger partial charge in [0.05, 0.1) is 0 Å². The van der Waals surface area contributed by atoms with Crippen LogP contribution >= 0.6 is 0 Å². The Morgan fingerprint density at radius 1 is 1.13 bits per heavy atom. The highest BCUT2D eigenvalue weighted by Gasteiger charge is 2.27. The molecule has 0 radical (unpaired) electrons. The molecule has 1 amide bonds. The molecule has 0 bridgehead atoms. The SMILES string of the molecule is Nc1ccccc1CCC(=O)N1CCN(C2CCOCC2)CC1. The number of aryl methyl sites for hydroxylation is 1. The van der Waals surface area contributed by atoms with Crippen LogP contribution in [0.25, 0.3) is 0 Å². The van der Waals surface area contributed by atoms with Crippen LogP contribution < -0.4 is 5.73 Å². The van der Waals surface area contributed by atoms with Crippen LogP contribution in [0.15, 0.2) is 24.3 Å². The Morgan fingerprint density at radius 3 is 2.52 bits per heavy atom. The molecule has 2 heterocycles. The third-order valence-corrected chi connectivity index (χ3v) is 5.04. The van der Waals surface area contributed by atoms with Crippen molar-refractivity contribution in [3.05, 3.63) is 29.8 Å². The summed E-state index contributed by atoms with van der Waals surface area (Å²) >= 11 is 0. The lowest BCUT2D eigenvalue weighted by molar-refractivity contribution is -0.133. The van der Waals surface area contributed by atoms with E-state index in [2.05, 4.69) is 4.90 Å². The first-order valence-corrected chi connectivity index (χ1v) is 8.67. The summed E-state index contributed by atoms with van der Waals surface area (Å²) in [6.45, 7) is 5.43. The number of amides is 1. The van der Waals surface area contributed by atoms with Crippen LogP contribution in [0.5, 0.6) is 0 Å². The lowest BCUT2D eigenvalue weighted by atomic mass is 10.1. The number of rotatable bonds is 4. The molecule has 0 saturated carbocycles. The van der Waals surface area contributed by atoms with Gasteiger partial charge >= 0.3 is 0 Å². The highest BCUT2D eigenvalue weighted by molar-refractivity contribution is 5.76. The van der Waals surface area contributed by atoms with Gasteiger partial charge in [-0.2, -0.15) is 0 Å². The number of benzene rings is 1. The molecule has 1 aromatic rings. The molecule has 2 N–H and O–H groups in total. The Kier molecular flexibility index (Phi) is 5.51. The second-order valence-electron chi connectivity index (χ2n) is 6.46. The van der Waals surface area contributed by atoms with Crippen molar-refractivity contribution in [3.8, 4) is 0 Å². The average molecular weight is 317 g/mol. The van der Waals surface area contributed by atoms with E-state index in [-0.39, 0.29) is 5.91 Å². The zero-order valence-electron chi connectivity index (χ0n) is 13.7. The number of hydrogen-bond donors (Lipinski definition) is 1. The van der Waals surface area contributed by atoms with E-state index in [4.69, 9.17) is 10.5 Å². The van der Waals surface area contributed by atoms with Gasteiger partial charge in [0.1, 0.15) is 0 Å². The molecule has 0 spiro atoms. The summed E-state index contributed by atoms with van der Waals surface area (Å²) < 4.78 is 5.43. The second kappa shape index (κ2) is 7.79. The van der Waals surface area contributed by atoms with Crippen molar-refractivity contribution in [1.82, 2.24) is 9.80 Å². The van der Waals surface area contributed by atoms with Crippen LogP contribution in [0, 0.1) is 0 Å². The van der Waals surface area contributed by atoms with Gasteiger partial charge in [-0.25, -0.2) is 0 Å². The fourth-order valence-electron chi connectivity index (χ4n) is 3.55. The zero-order chi connectivity index (χ0) is 16.1. The summed E-state index contributed by atoms with van der Waals surface area (Å²) in [6, 6.07) is 8.45. The molecule has 0 aliphatic carbocycles. The number of nitrogen functional groups attached to an aromatic ring is 1. The summed E-state index contributed by atoms with van der Waals surface area (Å²) in [6.07, 6.45) is 3.53. The number of nitrogens with zero attached hydrogens (tertiary/aromatic N) is 2. The average Bonchev–Trinajstić information content (AvgIpc) is 2.62. The highest BCUT2D eigenvalue weighted by atomic mass is 16.5. The summed E-state index contributed by atoms with van der Waals surface area (Å²) in [5.74, 6) is 0.250. The van der Waals surface area contributed by atoms with Crippen molar-refractivity contribution in [2.75, 3.05) is 45.1 Å². The highest BCUT2D eigenvalue weighted by Crippen LogP contribution is 2.18. The van der Waals surface area contributed by atoms with Gasteiger partial charge in [-0.15, -0.1) is 0 Å². The molecule has 2 aliphatic heterocycles. The maximum atomic E-state index is 12.4. The maximum Gasteiger partial charge on any atom is 0.222 e. The summed E-state index contributed by atoms with van der Waals surface area (Å²) in [5, 5.41) is 0. The standard InChI is InChI=1S/C18H27N3O2/c19-17-4-2-1-3-15(17)5-6-18(22)21-11-9-20(10-12-21)16-7-13-23-14-8-16/h1-4,16H,5-14,19H2. The van der Waals surface area contributed by atoms with Crippen molar-refractivity contribution >= 4 is 11.6 Å². The van der Waals surface area contributed by atoms with Crippen LogP contribution in [0.1, 0.15) is 24.8 Å². The first-order valence-electron chi connectivity index (χ1n) is 8.67. The van der Waals surface area contributed by atoms with Crippen molar-refractivity contribution in [2.45, 2.75) is 31.7 Å². The fraction of sp³-hybridized carbons (Fsp3) is 0.611. The van der Waals surface area contributed by atoms with E-state index in [1.165, 1.54) is 0 Å². The lowest BCUT2D eigenvalue weighted by Crippen LogP contribution is -2.53. The van der Waals surface area contributed by atoms with Gasteiger partial charge in [0.15, 0.2) is 0 Å². The molecule has 2 aliphatic rings. The van der Waals surface area contributed by atoms with E-state index in [1.54, 1.807) is 0 Å². The molecule has 23 heavy (non-hydrogen) atoms. The largest absolute Gasteiger partial charge is 0.399 e. The molecule has 0 atom stereocenters. The summed E-state index contributed by atoms with van der Waals surface area (Å²) in [4.78, 5) is 17.0. The normalized spacial score (nSPS) is 20.6. The Labute approximate surface area is 138 Å². The molecule has 5 nitrogen and oxygen atoms in total. The summed E-state index contributed by atoms with van der Waals surface area (Å²) in [5.41, 5.74) is 7.80. The number of ether oxygens (including phenoxy) is 1. The Morgan fingerprint density at radius 2 is 1.83 bits per heavy atom. The number of carbonyl (C=O) groups excluding carboxylic acids is 1. The molecular formula is C18H27N3O2. The lowest BCUT2D eigenvalue weighted by Gasteiger charge is -2.40. The molecule has 3 rings (SSSR count). The van der Waals surface area contributed by atoms with Crippen molar-refractivity contribution in [1.29, 1.82) is 0 Å². The minimum Gasteiger partial charge on any atom is -0.399 e. The van der Waals surface area contributed by atoms with Crippen LogP contribution in [0.4, 0.5) is 5.69 Å². The van der Waals surface area contributed by atoms with Crippen LogP contribution in [-0.4, -0.2) is 61.1 Å². The molecule has 0 aromatic heterocycles. The van der Waals surface area contributed by atoms with E-state index in [9.17, 15) is 4.79 Å². The Hall–Kier alpha value is -1.59. The molecule has 1 aromatic carbocycles. The van der Waals surface area contributed by atoms with E-state index in [0.29, 0.717) is 12.5 Å². The predicted octanol–water partition coefficient (Wildman–Crippen LogP) is 1.52. The third kappa shape index (κ3) is 4.24. The zero-order valence-corrected chi connectivity index (χ0v) is 13.7. The number of piperazine rings is 1. The maximum absolute atomic E-state index is 12.4. The molecule has 0 unspecified atom stereocenters. The van der Waals surface area contributed by atoms with Crippen molar-refractivity contribution < 1.29 is 9.53 Å². The molecular weight excluding hydrogens is 290 g/mol. The fourth-order valence-corrected chi connectivity index (χ4v) is 3.55. The van der Waals surface area contributed by atoms with Gasteiger partial charge in [-0.05, 0) is 30.9 Å². The van der Waals surface area contributed by atoms with E-state index in [0.717, 1.165) is 69.9 Å². The predicted molar refractivity (Wildman–Crippen MR) is 91.2 cm³/mol. The number of hydrogen-bond acceptors (Lipinski definition) is 4. The number of anilines is 1. The Bertz CT molecular complexity index is 521. The molecule has 2 saturated heterocycles. The molecule has 5 heteroatoms. The minimum absolute atomic E-state index is 0.250. The first kappa shape index (κ1) is 16.3.